The molecule has 0 fully saturated rings. The van der Waals surface area contributed by atoms with Crippen molar-refractivity contribution in [3.05, 3.63) is 46.6 Å². The molecule has 0 aliphatic rings. The van der Waals surface area contributed by atoms with E-state index in [0.717, 1.165) is 0 Å². The van der Waals surface area contributed by atoms with Crippen molar-refractivity contribution in [2.24, 2.45) is 0 Å². The first-order chi connectivity index (χ1) is 8.58. The van der Waals surface area contributed by atoms with Crippen LogP contribution in [0.15, 0.2) is 41.0 Å². The lowest BCUT2D eigenvalue weighted by Crippen LogP contribution is -2.13. The van der Waals surface area contributed by atoms with Crippen molar-refractivity contribution in [3.8, 4) is 11.5 Å². The predicted molar refractivity (Wildman–Crippen MR) is 69.7 cm³/mol. The van der Waals surface area contributed by atoms with Crippen LogP contribution in [0.1, 0.15) is 10.4 Å². The molecule has 5 nitrogen and oxygen atoms in total. The maximum Gasteiger partial charge on any atom is 0.260 e. The Hall–Kier alpha value is -2.08. The normalized spacial score (nSPS) is 10.1. The number of anilines is 1. The zero-order valence-electron chi connectivity index (χ0n) is 9.09. The third-order valence-electron chi connectivity index (χ3n) is 2.22. The molecule has 1 heterocycles. The van der Waals surface area contributed by atoms with E-state index in [2.05, 4.69) is 26.2 Å². The molecular formula is C12H9BrN2O3. The summed E-state index contributed by atoms with van der Waals surface area (Å²) < 4.78 is 0.663. The van der Waals surface area contributed by atoms with Crippen molar-refractivity contribution in [1.29, 1.82) is 0 Å². The number of pyridine rings is 1. The summed E-state index contributed by atoms with van der Waals surface area (Å²) in [7, 11) is 0. The number of carbonyl (C=O) groups excluding carboxylic acids is 1. The summed E-state index contributed by atoms with van der Waals surface area (Å²) in [5, 5.41) is 21.5. The van der Waals surface area contributed by atoms with Gasteiger partial charge in [-0.05, 0) is 30.3 Å². The largest absolute Gasteiger partial charge is 0.507 e. The van der Waals surface area contributed by atoms with Gasteiger partial charge in [0.2, 0.25) is 0 Å². The Labute approximate surface area is 111 Å². The molecule has 1 aromatic heterocycles. The highest BCUT2D eigenvalue weighted by Gasteiger charge is 2.13. The fraction of sp³-hybridized carbons (Fsp3) is 0. The Morgan fingerprint density at radius 1 is 1.22 bits per heavy atom. The number of phenolic OH excluding ortho intramolecular Hbond substituents is 1. The van der Waals surface area contributed by atoms with Crippen LogP contribution in [0.2, 0.25) is 0 Å². The molecule has 3 N–H and O–H groups in total. The Morgan fingerprint density at radius 3 is 2.72 bits per heavy atom. The van der Waals surface area contributed by atoms with Crippen LogP contribution < -0.4 is 5.32 Å². The van der Waals surface area contributed by atoms with E-state index in [0.29, 0.717) is 4.47 Å². The van der Waals surface area contributed by atoms with Crippen molar-refractivity contribution < 1.29 is 15.0 Å². The van der Waals surface area contributed by atoms with E-state index in [1.54, 1.807) is 12.1 Å². The first kappa shape index (κ1) is 12.4. The number of rotatable bonds is 2. The summed E-state index contributed by atoms with van der Waals surface area (Å²) in [6.07, 6.45) is 1.44. The predicted octanol–water partition coefficient (Wildman–Crippen LogP) is 2.51. The fourth-order valence-electron chi connectivity index (χ4n) is 1.36. The molecule has 0 spiro atoms. The number of nitrogens with one attached hydrogen (secondary N) is 1. The highest BCUT2D eigenvalue weighted by Crippen LogP contribution is 2.24. The summed E-state index contributed by atoms with van der Waals surface area (Å²) in [6, 6.07) is 7.44. The van der Waals surface area contributed by atoms with Crippen LogP contribution in [0.25, 0.3) is 0 Å². The molecule has 18 heavy (non-hydrogen) atoms. The van der Waals surface area contributed by atoms with Gasteiger partial charge in [0.25, 0.3) is 5.91 Å². The van der Waals surface area contributed by atoms with Gasteiger partial charge in [-0.15, -0.1) is 0 Å². The molecule has 0 saturated carbocycles. The average Bonchev–Trinajstić information content (AvgIpc) is 2.35. The maximum absolute atomic E-state index is 11.9. The van der Waals surface area contributed by atoms with Crippen LogP contribution in [0.3, 0.4) is 0 Å². The second kappa shape index (κ2) is 5.05. The molecule has 1 amide bonds. The number of benzene rings is 1. The molecule has 6 heteroatoms. The smallest absolute Gasteiger partial charge is 0.260 e. The van der Waals surface area contributed by atoms with Crippen LogP contribution in [-0.4, -0.2) is 21.1 Å². The summed E-state index contributed by atoms with van der Waals surface area (Å²) in [5.74, 6) is -0.795. The number of nitrogens with zero attached hydrogens (tertiary/aromatic N) is 1. The van der Waals surface area contributed by atoms with Gasteiger partial charge in [0.15, 0.2) is 11.6 Å². The van der Waals surface area contributed by atoms with Gasteiger partial charge in [-0.2, -0.15) is 0 Å². The highest BCUT2D eigenvalue weighted by molar-refractivity contribution is 9.10. The van der Waals surface area contributed by atoms with Gasteiger partial charge in [-0.3, -0.25) is 4.79 Å². The molecule has 2 rings (SSSR count). The van der Waals surface area contributed by atoms with E-state index in [1.807, 2.05) is 0 Å². The number of aromatic nitrogens is 1. The molecule has 0 saturated heterocycles. The molecule has 0 bridgehead atoms. The fourth-order valence-corrected chi connectivity index (χ4v) is 1.72. The van der Waals surface area contributed by atoms with Crippen molar-refractivity contribution >= 4 is 27.7 Å². The van der Waals surface area contributed by atoms with Gasteiger partial charge >= 0.3 is 0 Å². The average molecular weight is 309 g/mol. The highest BCUT2D eigenvalue weighted by atomic mass is 79.9. The third kappa shape index (κ3) is 2.60. The molecule has 0 aliphatic carbocycles. The summed E-state index contributed by atoms with van der Waals surface area (Å²) in [4.78, 5) is 15.7. The number of halogens is 1. The molecule has 0 unspecified atom stereocenters. The van der Waals surface area contributed by atoms with E-state index in [4.69, 9.17) is 0 Å². The van der Waals surface area contributed by atoms with Crippen LogP contribution in [0.4, 0.5) is 5.82 Å². The molecule has 2 aromatic rings. The quantitative estimate of drug-likeness (QED) is 0.796. The minimum absolute atomic E-state index is 0.0434. The van der Waals surface area contributed by atoms with E-state index >= 15 is 0 Å². The lowest BCUT2D eigenvalue weighted by Gasteiger charge is -2.07. The first-order valence-electron chi connectivity index (χ1n) is 5.02. The zero-order valence-corrected chi connectivity index (χ0v) is 10.7. The lowest BCUT2D eigenvalue weighted by molar-refractivity contribution is 0.102. The number of aromatic hydroxyl groups is 2. The first-order valence-corrected chi connectivity index (χ1v) is 5.81. The standard InChI is InChI=1S/C12H9BrN2O3/c13-7-3-4-9(16)8(6-7)12(18)15-11-10(17)2-1-5-14-11/h1-6,16-17H,(H,14,15,18). The maximum atomic E-state index is 11.9. The lowest BCUT2D eigenvalue weighted by atomic mass is 10.2. The second-order valence-corrected chi connectivity index (χ2v) is 4.40. The number of amides is 1. The molecule has 0 aliphatic heterocycles. The Kier molecular flexibility index (Phi) is 3.47. The zero-order chi connectivity index (χ0) is 13.1. The Morgan fingerprint density at radius 2 is 2.00 bits per heavy atom. The number of phenols is 1. The summed E-state index contributed by atoms with van der Waals surface area (Å²) in [5.41, 5.74) is 0.0921. The van der Waals surface area contributed by atoms with Gasteiger partial charge < -0.3 is 15.5 Å². The number of hydrogen-bond acceptors (Lipinski definition) is 4. The molecule has 92 valence electrons. The third-order valence-corrected chi connectivity index (χ3v) is 2.71. The topological polar surface area (TPSA) is 82.5 Å². The SMILES string of the molecule is O=C(Nc1ncccc1O)c1cc(Br)ccc1O. The van der Waals surface area contributed by atoms with E-state index in [9.17, 15) is 15.0 Å². The molecule has 0 radical (unpaired) electrons. The van der Waals surface area contributed by atoms with Crippen LogP contribution in [0, 0.1) is 0 Å². The Bertz CT molecular complexity index is 602. The van der Waals surface area contributed by atoms with E-state index in [-0.39, 0.29) is 22.9 Å². The minimum Gasteiger partial charge on any atom is -0.507 e. The van der Waals surface area contributed by atoms with E-state index < -0.39 is 5.91 Å². The van der Waals surface area contributed by atoms with Crippen molar-refractivity contribution in [1.82, 2.24) is 4.98 Å². The summed E-state index contributed by atoms with van der Waals surface area (Å²) >= 11 is 3.21. The van der Waals surface area contributed by atoms with Gasteiger partial charge in [-0.1, -0.05) is 15.9 Å². The molecule has 1 aromatic carbocycles. The number of carbonyl (C=O) groups is 1. The molecular weight excluding hydrogens is 300 g/mol. The van der Waals surface area contributed by atoms with Crippen LogP contribution in [0.5, 0.6) is 11.5 Å². The second-order valence-electron chi connectivity index (χ2n) is 3.49. The van der Waals surface area contributed by atoms with Crippen molar-refractivity contribution in [2.75, 3.05) is 5.32 Å². The van der Waals surface area contributed by atoms with Gasteiger partial charge in [-0.25, -0.2) is 4.98 Å². The molecule has 0 atom stereocenters. The van der Waals surface area contributed by atoms with Gasteiger partial charge in [0.05, 0.1) is 5.56 Å². The van der Waals surface area contributed by atoms with Crippen molar-refractivity contribution in [3.63, 3.8) is 0 Å². The monoisotopic (exact) mass is 308 g/mol. The van der Waals surface area contributed by atoms with Crippen molar-refractivity contribution in [2.45, 2.75) is 0 Å². The van der Waals surface area contributed by atoms with Gasteiger partial charge in [0.1, 0.15) is 5.75 Å². The number of hydrogen-bond donors (Lipinski definition) is 3. The van der Waals surface area contributed by atoms with Crippen LogP contribution >= 0.6 is 15.9 Å². The summed E-state index contributed by atoms with van der Waals surface area (Å²) in [6.45, 7) is 0. The van der Waals surface area contributed by atoms with E-state index in [1.165, 1.54) is 24.4 Å². The Balaban J connectivity index is 2.28. The minimum atomic E-state index is -0.553. The van der Waals surface area contributed by atoms with Crippen LogP contribution in [-0.2, 0) is 0 Å². The van der Waals surface area contributed by atoms with Gasteiger partial charge in [0, 0.05) is 10.7 Å².